The van der Waals surface area contributed by atoms with Crippen molar-refractivity contribution < 1.29 is 24.0 Å². The number of carbonyl (C=O) groups is 1. The normalized spacial score (nSPS) is 30.0. The quantitative estimate of drug-likeness (QED) is 0.691. The summed E-state index contributed by atoms with van der Waals surface area (Å²) in [6.07, 6.45) is 7.49. The van der Waals surface area contributed by atoms with Gasteiger partial charge in [-0.05, 0) is 25.7 Å². The topological polar surface area (TPSA) is 57.1 Å². The van der Waals surface area contributed by atoms with Crippen molar-refractivity contribution in [3.63, 3.8) is 0 Å². The first-order chi connectivity index (χ1) is 17.9. The summed E-state index contributed by atoms with van der Waals surface area (Å²) in [4.78, 5) is 20.8. The molecule has 0 saturated carbocycles. The Hall–Kier alpha value is -2.68. The zero-order chi connectivity index (χ0) is 29.9. The third-order valence-electron chi connectivity index (χ3n) is 5.89. The maximum Gasteiger partial charge on any atom is 0.226 e. The molecule has 2 aromatic heterocycles. The number of allylic oxidation sites excluding steroid dienone is 2. The lowest BCUT2D eigenvalue weighted by Crippen LogP contribution is -2.45. The van der Waals surface area contributed by atoms with E-state index in [0.717, 1.165) is 30.0 Å². The SMILES string of the molecule is [3HH].[3H][3H].[3H][3H].[3H][3H].[3H][3H].[3H][3H].[3H][3H].[C-]#[N+]C1=C[C@]2(C)c3nc(C)n(-c4cnn(C)c4)c3CC[C@H]2[C@H](C)C1=O. The van der Waals surface area contributed by atoms with Crippen molar-refractivity contribution in [2.75, 3.05) is 0 Å². The van der Waals surface area contributed by atoms with E-state index in [2.05, 4.69) is 21.4 Å². The molecule has 4 rings (SSSR count). The molecule has 2 aromatic rings. The van der Waals surface area contributed by atoms with Gasteiger partial charge in [0.25, 0.3) is 0 Å². The summed E-state index contributed by atoms with van der Waals surface area (Å²) >= 11 is 0. The summed E-state index contributed by atoms with van der Waals surface area (Å²) in [6, 6.07) is 0. The number of ketones is 1. The van der Waals surface area contributed by atoms with E-state index < -0.39 is 0 Å². The van der Waals surface area contributed by atoms with E-state index in [9.17, 15) is 4.79 Å². The van der Waals surface area contributed by atoms with Crippen LogP contribution >= 0.6 is 0 Å². The molecular formula is C19H35N5O. The Bertz CT molecular complexity index is 992. The summed E-state index contributed by atoms with van der Waals surface area (Å²) in [5.41, 5.74) is 3.06. The highest BCUT2D eigenvalue weighted by Gasteiger charge is 2.49. The van der Waals surface area contributed by atoms with Crippen LogP contribution in [0.15, 0.2) is 24.2 Å². The fraction of sp³-hybridized carbons (Fsp3) is 0.474. The van der Waals surface area contributed by atoms with Crippen LogP contribution in [0.5, 0.6) is 0 Å². The van der Waals surface area contributed by atoms with Crippen molar-refractivity contribution >= 4 is 5.78 Å². The van der Waals surface area contributed by atoms with Crippen LogP contribution in [0.2, 0.25) is 0 Å². The number of aryl methyl sites for hydroxylation is 2. The Morgan fingerprint density at radius 2 is 2.28 bits per heavy atom. The predicted molar refractivity (Wildman–Crippen MR) is 108 cm³/mol. The van der Waals surface area contributed by atoms with Gasteiger partial charge in [0.1, 0.15) is 5.82 Å². The van der Waals surface area contributed by atoms with E-state index in [-0.39, 0.29) is 30.2 Å². The summed E-state index contributed by atoms with van der Waals surface area (Å²) < 4.78 is 63.9. The second kappa shape index (κ2) is 5.16. The van der Waals surface area contributed by atoms with Crippen LogP contribution < -0.4 is 0 Å². The molecule has 0 bridgehead atoms. The van der Waals surface area contributed by atoms with Crippen molar-refractivity contribution in [1.29, 1.82) is 0 Å². The average Bonchev–Trinajstić information content (AvgIpc) is 3.55. The molecule has 6 heteroatoms. The molecule has 0 unspecified atom stereocenters. The maximum absolute atomic E-state index is 12.4. The molecule has 0 spiro atoms. The maximum atomic E-state index is 12.4. The van der Waals surface area contributed by atoms with Gasteiger partial charge in [0.2, 0.25) is 5.70 Å². The zero-order valence-electron chi connectivity index (χ0n) is 26.9. The van der Waals surface area contributed by atoms with Crippen molar-refractivity contribution in [3.05, 3.63) is 52.8 Å². The number of nitrogens with zero attached hydrogens (tertiary/aromatic N) is 5. The molecular weight excluding hydrogens is 314 g/mol. The van der Waals surface area contributed by atoms with Crippen molar-refractivity contribution in [1.82, 2.24) is 19.3 Å². The van der Waals surface area contributed by atoms with Gasteiger partial charge in [0.05, 0.1) is 24.2 Å². The highest BCUT2D eigenvalue weighted by molar-refractivity contribution is 6.00. The lowest BCUT2D eigenvalue weighted by atomic mass is 9.59. The molecule has 0 radical (unpaired) electrons. The Balaban J connectivity index is -0.000000394. The first-order valence-corrected chi connectivity index (χ1v) is 8.59. The lowest BCUT2D eigenvalue weighted by molar-refractivity contribution is -0.121. The van der Waals surface area contributed by atoms with Crippen LogP contribution in [-0.2, 0) is 23.7 Å². The fourth-order valence-electron chi connectivity index (χ4n) is 4.68. The van der Waals surface area contributed by atoms with Crippen molar-refractivity contribution in [2.24, 2.45) is 18.9 Å². The molecule has 2 heterocycles. The minimum Gasteiger partial charge on any atom is -0.308 e. The summed E-state index contributed by atoms with van der Waals surface area (Å²) in [7, 11) is 1.90. The number of hydrogen-bond donors (Lipinski definition) is 0. The minimum absolute atomic E-state index is 0. The van der Waals surface area contributed by atoms with E-state index >= 15 is 0 Å². The first kappa shape index (κ1) is 10.3. The van der Waals surface area contributed by atoms with Gasteiger partial charge in [-0.2, -0.15) is 5.10 Å². The van der Waals surface area contributed by atoms with E-state index in [1.807, 2.05) is 39.4 Å². The van der Waals surface area contributed by atoms with Gasteiger partial charge >= 0.3 is 0 Å². The molecule has 2 aliphatic carbocycles. The molecule has 0 aliphatic heterocycles. The Kier molecular flexibility index (Phi) is 2.13. The molecule has 0 fully saturated rings. The van der Waals surface area contributed by atoms with Gasteiger partial charge in [-0.25, -0.2) is 9.83 Å². The highest BCUT2D eigenvalue weighted by Crippen LogP contribution is 2.50. The Morgan fingerprint density at radius 3 is 2.92 bits per heavy atom. The lowest BCUT2D eigenvalue weighted by Gasteiger charge is -2.44. The molecule has 0 saturated heterocycles. The van der Waals surface area contributed by atoms with Gasteiger partial charge < -0.3 is 4.79 Å². The van der Waals surface area contributed by atoms with Gasteiger partial charge in [-0.15, -0.1) is 0 Å². The van der Waals surface area contributed by atoms with E-state index in [4.69, 9.17) is 29.4 Å². The molecule has 25 heavy (non-hydrogen) atoms. The smallest absolute Gasteiger partial charge is 0.226 e. The van der Waals surface area contributed by atoms with E-state index in [1.54, 1.807) is 4.68 Å². The number of carbonyl (C=O) groups excluding carboxylic acids is 1. The second-order valence-corrected chi connectivity index (χ2v) is 7.38. The summed E-state index contributed by atoms with van der Waals surface area (Å²) in [5, 5.41) is 4.28. The second-order valence-electron chi connectivity index (χ2n) is 7.38. The van der Waals surface area contributed by atoms with Crippen LogP contribution in [0.3, 0.4) is 0 Å². The van der Waals surface area contributed by atoms with Gasteiger partial charge in [-0.1, -0.05) is 19.9 Å². The molecule has 0 amide bonds. The molecule has 0 N–H and O–H groups in total. The third kappa shape index (κ3) is 2.05. The Labute approximate surface area is 167 Å². The number of rotatable bonds is 1. The number of aromatic nitrogens is 4. The van der Waals surface area contributed by atoms with Crippen molar-refractivity contribution in [2.45, 2.75) is 39.0 Å². The van der Waals surface area contributed by atoms with Crippen LogP contribution in [0.4, 0.5) is 0 Å². The number of hydrogen-bond acceptors (Lipinski definition) is 3. The predicted octanol–water partition coefficient (Wildman–Crippen LogP) is 4.48. The van der Waals surface area contributed by atoms with Crippen LogP contribution in [0, 0.1) is 25.3 Å². The van der Waals surface area contributed by atoms with Crippen molar-refractivity contribution in [3.8, 4) is 5.69 Å². The standard InChI is InChI=1S/C19H21N5O.7H2/c1-11-14-6-7-16-18(19(14,3)8-15(20-4)17(11)25)22-12(2)24(16)13-9-21-23(5)10-13;;;;;;;/h8-11,14H,6-7H2,1-3,5H3;7*1H/t11-,14-,19-;;;;;;;/m0......./s1/i;6*1+2T;1+2. The fourth-order valence-corrected chi connectivity index (χ4v) is 4.68. The zero-order valence-corrected chi connectivity index (χ0v) is 14.9. The van der Waals surface area contributed by atoms with Gasteiger partial charge in [-0.3, -0.25) is 9.25 Å². The number of fused-ring (bicyclic) bond motifs is 3. The minimum atomic E-state index is -0.376. The molecule has 0 aromatic carbocycles. The number of Topliss-reactive ketones (excluding diaryl/α,β-unsaturated/α-hetero) is 1. The largest absolute Gasteiger partial charge is 0.308 e. The number of imidazole rings is 1. The van der Waals surface area contributed by atoms with E-state index in [0.29, 0.717) is 0 Å². The molecule has 3 atom stereocenters. The van der Waals surface area contributed by atoms with Gasteiger partial charge in [0, 0.05) is 49.5 Å². The van der Waals surface area contributed by atoms with E-state index in [1.165, 1.54) is 5.69 Å². The van der Waals surface area contributed by atoms with Gasteiger partial charge in [0.15, 0.2) is 5.78 Å². The van der Waals surface area contributed by atoms with Crippen LogP contribution in [0.1, 0.15) is 56.7 Å². The Morgan fingerprint density at radius 1 is 1.52 bits per heavy atom. The molecule has 2 aliphatic rings. The first-order valence-electron chi connectivity index (χ1n) is 14.6. The molecule has 142 valence electrons. The molecule has 6 nitrogen and oxygen atoms in total. The summed E-state index contributed by atoms with van der Waals surface area (Å²) in [6.45, 7) is 13.5. The average molecular weight is 376 g/mol. The van der Waals surface area contributed by atoms with Crippen LogP contribution in [0.25, 0.3) is 10.5 Å². The summed E-state index contributed by atoms with van der Waals surface area (Å²) in [5.74, 6) is 0.942. The van der Waals surface area contributed by atoms with Crippen LogP contribution in [-0.4, -0.2) is 25.1 Å². The monoisotopic (exact) mass is 375 g/mol. The highest BCUT2D eigenvalue weighted by atomic mass is 16.1. The third-order valence-corrected chi connectivity index (χ3v) is 5.89.